The molecule has 0 saturated heterocycles. The molecule has 100 valence electrons. The van der Waals surface area contributed by atoms with Crippen molar-refractivity contribution in [3.8, 4) is 5.75 Å². The lowest BCUT2D eigenvalue weighted by Crippen LogP contribution is -2.33. The first-order valence-corrected chi connectivity index (χ1v) is 7.05. The minimum Gasteiger partial charge on any atom is -0.497 e. The molecule has 0 aliphatic rings. The third kappa shape index (κ3) is 3.21. The molecule has 0 aliphatic carbocycles. The average molecular weight is 273 g/mol. The summed E-state index contributed by atoms with van der Waals surface area (Å²) in [4.78, 5) is 0. The van der Waals surface area contributed by atoms with Crippen LogP contribution in [0, 0.1) is 0 Å². The first-order valence-electron chi connectivity index (χ1n) is 5.10. The second-order valence-electron chi connectivity index (χ2n) is 3.71. The maximum absolute atomic E-state index is 11.5. The van der Waals surface area contributed by atoms with E-state index in [0.29, 0.717) is 11.3 Å². The number of ether oxygens (including phenoxy) is 1. The van der Waals surface area contributed by atoms with E-state index in [1.54, 1.807) is 24.3 Å². The van der Waals surface area contributed by atoms with Gasteiger partial charge in [-0.25, -0.2) is 8.42 Å². The Kier molecular flexibility index (Phi) is 4.69. The standard InChI is InChI=1S/C11H15NO5S/c1-17-9-5-3-8(4-6-9)11(12-14)10(7-13)18(2,15)16/h3-6,10,13-14H,7H2,1-2H3/b12-11-/t10-/m0/s1. The Labute approximate surface area is 105 Å². The van der Waals surface area contributed by atoms with Gasteiger partial charge in [0.2, 0.25) is 0 Å². The summed E-state index contributed by atoms with van der Waals surface area (Å²) in [6, 6.07) is 6.33. The number of hydrogen-bond donors (Lipinski definition) is 2. The van der Waals surface area contributed by atoms with Crippen LogP contribution >= 0.6 is 0 Å². The van der Waals surface area contributed by atoms with Crippen LogP contribution in [0.2, 0.25) is 0 Å². The van der Waals surface area contributed by atoms with Crippen molar-refractivity contribution in [3.63, 3.8) is 0 Å². The Bertz CT molecular complexity index is 521. The molecule has 0 bridgehead atoms. The number of oxime groups is 1. The molecule has 1 aromatic rings. The van der Waals surface area contributed by atoms with Crippen LogP contribution in [-0.2, 0) is 9.84 Å². The van der Waals surface area contributed by atoms with Crippen LogP contribution in [0.15, 0.2) is 29.4 Å². The summed E-state index contributed by atoms with van der Waals surface area (Å²) in [6.45, 7) is -0.649. The van der Waals surface area contributed by atoms with Crippen molar-refractivity contribution in [1.29, 1.82) is 0 Å². The van der Waals surface area contributed by atoms with Gasteiger partial charge in [0, 0.05) is 11.8 Å². The smallest absolute Gasteiger partial charge is 0.158 e. The number of methoxy groups -OCH3 is 1. The number of rotatable bonds is 5. The molecule has 18 heavy (non-hydrogen) atoms. The third-order valence-corrected chi connectivity index (χ3v) is 3.89. The van der Waals surface area contributed by atoms with E-state index in [1.807, 2.05) is 0 Å². The van der Waals surface area contributed by atoms with Gasteiger partial charge in [-0.2, -0.15) is 0 Å². The van der Waals surface area contributed by atoms with Gasteiger partial charge in [-0.1, -0.05) is 5.16 Å². The predicted molar refractivity (Wildman–Crippen MR) is 67.0 cm³/mol. The molecule has 1 aromatic carbocycles. The van der Waals surface area contributed by atoms with E-state index in [-0.39, 0.29) is 5.71 Å². The van der Waals surface area contributed by atoms with Crippen LogP contribution < -0.4 is 4.74 Å². The van der Waals surface area contributed by atoms with Crippen molar-refractivity contribution in [1.82, 2.24) is 0 Å². The van der Waals surface area contributed by atoms with Gasteiger partial charge >= 0.3 is 0 Å². The first kappa shape index (κ1) is 14.5. The first-order chi connectivity index (χ1) is 8.43. The van der Waals surface area contributed by atoms with E-state index < -0.39 is 21.7 Å². The fraction of sp³-hybridized carbons (Fsp3) is 0.364. The van der Waals surface area contributed by atoms with Gasteiger partial charge in [-0.3, -0.25) is 0 Å². The Morgan fingerprint density at radius 2 is 1.94 bits per heavy atom. The minimum absolute atomic E-state index is 0.0948. The highest BCUT2D eigenvalue weighted by Crippen LogP contribution is 2.15. The van der Waals surface area contributed by atoms with Gasteiger partial charge < -0.3 is 15.1 Å². The van der Waals surface area contributed by atoms with Gasteiger partial charge in [-0.05, 0) is 24.3 Å². The summed E-state index contributed by atoms with van der Waals surface area (Å²) in [5.74, 6) is 0.593. The number of sulfone groups is 1. The fourth-order valence-electron chi connectivity index (χ4n) is 1.49. The molecule has 0 saturated carbocycles. The van der Waals surface area contributed by atoms with Crippen molar-refractivity contribution < 1.29 is 23.5 Å². The zero-order valence-electron chi connectivity index (χ0n) is 10.1. The quantitative estimate of drug-likeness (QED) is 0.456. The second kappa shape index (κ2) is 5.83. The molecular weight excluding hydrogens is 258 g/mol. The van der Waals surface area contributed by atoms with Crippen LogP contribution in [0.4, 0.5) is 0 Å². The van der Waals surface area contributed by atoms with Crippen molar-refractivity contribution in [2.24, 2.45) is 5.16 Å². The van der Waals surface area contributed by atoms with E-state index in [4.69, 9.17) is 15.1 Å². The van der Waals surface area contributed by atoms with Gasteiger partial charge in [0.15, 0.2) is 9.84 Å². The van der Waals surface area contributed by atoms with Crippen LogP contribution in [0.3, 0.4) is 0 Å². The largest absolute Gasteiger partial charge is 0.497 e. The maximum Gasteiger partial charge on any atom is 0.158 e. The molecule has 6 nitrogen and oxygen atoms in total. The van der Waals surface area contributed by atoms with Gasteiger partial charge in [0.25, 0.3) is 0 Å². The van der Waals surface area contributed by atoms with Crippen LogP contribution in [-0.4, -0.2) is 49.7 Å². The Morgan fingerprint density at radius 1 is 1.39 bits per heavy atom. The van der Waals surface area contributed by atoms with E-state index >= 15 is 0 Å². The molecule has 0 amide bonds. The van der Waals surface area contributed by atoms with Crippen molar-refractivity contribution in [3.05, 3.63) is 29.8 Å². The number of aliphatic hydroxyl groups excluding tert-OH is 1. The molecule has 1 rings (SSSR count). The van der Waals surface area contributed by atoms with Crippen LogP contribution in [0.25, 0.3) is 0 Å². The second-order valence-corrected chi connectivity index (χ2v) is 5.94. The highest BCUT2D eigenvalue weighted by atomic mass is 32.2. The molecule has 2 N–H and O–H groups in total. The predicted octanol–water partition coefficient (Wildman–Crippen LogP) is 0.279. The van der Waals surface area contributed by atoms with E-state index in [9.17, 15) is 8.42 Å². The molecule has 0 heterocycles. The number of hydrogen-bond acceptors (Lipinski definition) is 6. The van der Waals surface area contributed by atoms with E-state index in [0.717, 1.165) is 6.26 Å². The number of benzene rings is 1. The van der Waals surface area contributed by atoms with Gasteiger partial charge in [0.05, 0.1) is 13.7 Å². The van der Waals surface area contributed by atoms with Crippen LogP contribution in [0.1, 0.15) is 5.56 Å². The SMILES string of the molecule is COc1ccc(/C(=N/O)[C@H](CO)S(C)(=O)=O)cc1. The normalized spacial score (nSPS) is 14.3. The molecule has 1 atom stereocenters. The van der Waals surface area contributed by atoms with Crippen molar-refractivity contribution >= 4 is 15.5 Å². The molecule has 0 unspecified atom stereocenters. The zero-order chi connectivity index (χ0) is 13.8. The Balaban J connectivity index is 3.17. The van der Waals surface area contributed by atoms with Crippen LogP contribution in [0.5, 0.6) is 5.75 Å². The highest BCUT2D eigenvalue weighted by Gasteiger charge is 2.27. The number of nitrogens with zero attached hydrogens (tertiary/aromatic N) is 1. The zero-order valence-corrected chi connectivity index (χ0v) is 10.9. The minimum atomic E-state index is -3.56. The van der Waals surface area contributed by atoms with Gasteiger partial charge in [0.1, 0.15) is 16.7 Å². The molecule has 7 heteroatoms. The Morgan fingerprint density at radius 3 is 2.28 bits per heavy atom. The van der Waals surface area contributed by atoms with Crippen molar-refractivity contribution in [2.45, 2.75) is 5.25 Å². The monoisotopic (exact) mass is 273 g/mol. The third-order valence-electron chi connectivity index (χ3n) is 2.48. The van der Waals surface area contributed by atoms with E-state index in [1.165, 1.54) is 7.11 Å². The van der Waals surface area contributed by atoms with E-state index in [2.05, 4.69) is 5.16 Å². The topological polar surface area (TPSA) is 96.2 Å². The van der Waals surface area contributed by atoms with Gasteiger partial charge in [-0.15, -0.1) is 0 Å². The number of aliphatic hydroxyl groups is 1. The summed E-state index contributed by atoms with van der Waals surface area (Å²) in [5, 5.41) is 19.8. The molecule has 0 fully saturated rings. The summed E-state index contributed by atoms with van der Waals surface area (Å²) < 4.78 is 27.9. The average Bonchev–Trinajstić information content (AvgIpc) is 2.34. The summed E-state index contributed by atoms with van der Waals surface area (Å²) in [7, 11) is -2.06. The molecule has 0 aromatic heterocycles. The summed E-state index contributed by atoms with van der Waals surface area (Å²) >= 11 is 0. The lowest BCUT2D eigenvalue weighted by Gasteiger charge is -2.14. The molecular formula is C11H15NO5S. The summed E-state index contributed by atoms with van der Waals surface area (Å²) in [5.41, 5.74) is 0.311. The summed E-state index contributed by atoms with van der Waals surface area (Å²) in [6.07, 6.45) is 0.975. The Hall–Kier alpha value is -1.60. The maximum atomic E-state index is 11.5. The fourth-order valence-corrected chi connectivity index (χ4v) is 2.35. The highest BCUT2D eigenvalue weighted by molar-refractivity contribution is 7.92. The molecule has 0 aliphatic heterocycles. The molecule has 0 radical (unpaired) electrons. The molecule has 0 spiro atoms. The van der Waals surface area contributed by atoms with Crippen molar-refractivity contribution in [2.75, 3.05) is 20.0 Å². The lowest BCUT2D eigenvalue weighted by atomic mass is 10.1. The lowest BCUT2D eigenvalue weighted by molar-refractivity contribution is 0.296.